The summed E-state index contributed by atoms with van der Waals surface area (Å²) in [5.74, 6) is -0.0411. The van der Waals surface area contributed by atoms with E-state index in [1.165, 1.54) is 6.42 Å². The number of hydrazine groups is 1. The van der Waals surface area contributed by atoms with E-state index in [9.17, 15) is 4.79 Å². The first kappa shape index (κ1) is 13.8. The third-order valence-electron chi connectivity index (χ3n) is 3.82. The van der Waals surface area contributed by atoms with Crippen LogP contribution in [-0.2, 0) is 0 Å². The van der Waals surface area contributed by atoms with Crippen LogP contribution in [0.1, 0.15) is 35.3 Å². The summed E-state index contributed by atoms with van der Waals surface area (Å²) in [5, 5.41) is 6.27. The van der Waals surface area contributed by atoms with Gasteiger partial charge in [-0.1, -0.05) is 6.42 Å². The van der Waals surface area contributed by atoms with Gasteiger partial charge in [-0.15, -0.1) is 0 Å². The molecule has 0 radical (unpaired) electrons. The van der Waals surface area contributed by atoms with E-state index in [1.54, 1.807) is 6.20 Å². The number of nitrogens with one attached hydrogen (secondary N) is 1. The van der Waals surface area contributed by atoms with Gasteiger partial charge in [0.1, 0.15) is 0 Å². The maximum absolute atomic E-state index is 12.2. The lowest BCUT2D eigenvalue weighted by molar-refractivity contribution is 0.0750. The maximum Gasteiger partial charge on any atom is 0.265 e. The number of amides is 1. The van der Waals surface area contributed by atoms with Gasteiger partial charge in [-0.05, 0) is 50.1 Å². The van der Waals surface area contributed by atoms with E-state index in [4.69, 9.17) is 0 Å². The third kappa shape index (κ3) is 3.13. The number of nitrogens with zero attached hydrogens (tertiary/aromatic N) is 3. The summed E-state index contributed by atoms with van der Waals surface area (Å²) < 4.78 is 1.85. The molecule has 21 heavy (non-hydrogen) atoms. The molecule has 5 nitrogen and oxygen atoms in total. The minimum absolute atomic E-state index is 0.0411. The van der Waals surface area contributed by atoms with Crippen LogP contribution in [0.4, 0.5) is 0 Å². The van der Waals surface area contributed by atoms with E-state index < -0.39 is 0 Å². The number of hydrogen-bond donors (Lipinski definition) is 1. The number of benzene rings is 1. The molecule has 1 amide bonds. The van der Waals surface area contributed by atoms with E-state index in [1.807, 2.05) is 46.9 Å². The Hall–Kier alpha value is -2.14. The van der Waals surface area contributed by atoms with Gasteiger partial charge in [-0.3, -0.25) is 10.2 Å². The molecule has 2 heterocycles. The van der Waals surface area contributed by atoms with Crippen molar-refractivity contribution in [3.8, 4) is 5.69 Å². The predicted molar refractivity (Wildman–Crippen MR) is 81.2 cm³/mol. The summed E-state index contributed by atoms with van der Waals surface area (Å²) in [6.45, 7) is 3.89. The van der Waals surface area contributed by atoms with Gasteiger partial charge in [-0.2, -0.15) is 5.10 Å². The van der Waals surface area contributed by atoms with Crippen LogP contribution in [0.2, 0.25) is 0 Å². The number of piperidine rings is 1. The zero-order valence-corrected chi connectivity index (χ0v) is 12.2. The van der Waals surface area contributed by atoms with E-state index in [0.29, 0.717) is 5.56 Å². The number of hydrogen-bond acceptors (Lipinski definition) is 3. The summed E-state index contributed by atoms with van der Waals surface area (Å²) in [4.78, 5) is 12.2. The highest BCUT2D eigenvalue weighted by Crippen LogP contribution is 2.12. The van der Waals surface area contributed by atoms with Crippen molar-refractivity contribution >= 4 is 5.91 Å². The molecule has 1 aliphatic rings. The molecule has 1 aromatic carbocycles. The van der Waals surface area contributed by atoms with E-state index in [0.717, 1.165) is 37.3 Å². The summed E-state index contributed by atoms with van der Waals surface area (Å²) in [6.07, 6.45) is 5.33. The lowest BCUT2D eigenvalue weighted by Gasteiger charge is -2.26. The molecule has 3 rings (SSSR count). The maximum atomic E-state index is 12.2. The zero-order valence-electron chi connectivity index (χ0n) is 12.2. The van der Waals surface area contributed by atoms with Crippen LogP contribution >= 0.6 is 0 Å². The van der Waals surface area contributed by atoms with Gasteiger partial charge in [0, 0.05) is 30.5 Å². The standard InChI is InChI=1S/C16H20N4O/c1-13-9-10-17-20(13)15-7-5-14(6-8-15)16(21)18-19-11-3-2-4-12-19/h5-10H,2-4,11-12H2,1H3,(H,18,21). The van der Waals surface area contributed by atoms with Gasteiger partial charge >= 0.3 is 0 Å². The fourth-order valence-electron chi connectivity index (χ4n) is 2.61. The number of aromatic nitrogens is 2. The Labute approximate surface area is 124 Å². The third-order valence-corrected chi connectivity index (χ3v) is 3.82. The Morgan fingerprint density at radius 3 is 2.43 bits per heavy atom. The lowest BCUT2D eigenvalue weighted by Crippen LogP contribution is -2.45. The highest BCUT2D eigenvalue weighted by Gasteiger charge is 2.14. The van der Waals surface area contributed by atoms with Crippen LogP contribution in [-0.4, -0.2) is 33.8 Å². The van der Waals surface area contributed by atoms with Crippen LogP contribution in [0, 0.1) is 6.92 Å². The SMILES string of the molecule is Cc1ccnn1-c1ccc(C(=O)NN2CCCCC2)cc1. The Bertz CT molecular complexity index is 611. The lowest BCUT2D eigenvalue weighted by atomic mass is 10.1. The normalized spacial score (nSPS) is 15.9. The van der Waals surface area contributed by atoms with Crippen molar-refractivity contribution in [2.75, 3.05) is 13.1 Å². The zero-order chi connectivity index (χ0) is 14.7. The van der Waals surface area contributed by atoms with Crippen molar-refractivity contribution in [2.24, 2.45) is 0 Å². The second-order valence-electron chi connectivity index (χ2n) is 5.42. The first-order valence-electron chi connectivity index (χ1n) is 7.41. The average Bonchev–Trinajstić information content (AvgIpc) is 2.94. The number of carbonyl (C=O) groups is 1. The molecule has 0 saturated carbocycles. The van der Waals surface area contributed by atoms with Crippen molar-refractivity contribution < 1.29 is 4.79 Å². The molecule has 0 unspecified atom stereocenters. The van der Waals surface area contributed by atoms with Gasteiger partial charge in [0.05, 0.1) is 5.69 Å². The summed E-state index contributed by atoms with van der Waals surface area (Å²) in [7, 11) is 0. The quantitative estimate of drug-likeness (QED) is 0.941. The van der Waals surface area contributed by atoms with Crippen molar-refractivity contribution in [1.29, 1.82) is 0 Å². The minimum Gasteiger partial charge on any atom is -0.285 e. The van der Waals surface area contributed by atoms with Crippen molar-refractivity contribution in [2.45, 2.75) is 26.2 Å². The Morgan fingerprint density at radius 2 is 1.81 bits per heavy atom. The molecule has 0 atom stereocenters. The average molecular weight is 284 g/mol. The van der Waals surface area contributed by atoms with Gasteiger partial charge in [0.25, 0.3) is 5.91 Å². The molecule has 1 fully saturated rings. The number of rotatable bonds is 3. The second kappa shape index (κ2) is 6.10. The van der Waals surface area contributed by atoms with Crippen LogP contribution < -0.4 is 5.43 Å². The van der Waals surface area contributed by atoms with Gasteiger partial charge < -0.3 is 0 Å². The topological polar surface area (TPSA) is 50.2 Å². The smallest absolute Gasteiger partial charge is 0.265 e. The van der Waals surface area contributed by atoms with E-state index in [-0.39, 0.29) is 5.91 Å². The summed E-state index contributed by atoms with van der Waals surface area (Å²) in [5.41, 5.74) is 5.68. The molecule has 1 aliphatic heterocycles. The molecule has 0 spiro atoms. The molecule has 1 aromatic heterocycles. The Kier molecular flexibility index (Phi) is 4.01. The van der Waals surface area contributed by atoms with Crippen LogP contribution in [0.3, 0.4) is 0 Å². The summed E-state index contributed by atoms with van der Waals surface area (Å²) in [6, 6.07) is 9.48. The van der Waals surface area contributed by atoms with Crippen LogP contribution in [0.25, 0.3) is 5.69 Å². The molecule has 110 valence electrons. The highest BCUT2D eigenvalue weighted by molar-refractivity contribution is 5.94. The highest BCUT2D eigenvalue weighted by atomic mass is 16.2. The van der Waals surface area contributed by atoms with Gasteiger partial charge in [-0.25, -0.2) is 9.69 Å². The Balaban J connectivity index is 1.69. The van der Waals surface area contributed by atoms with E-state index >= 15 is 0 Å². The summed E-state index contributed by atoms with van der Waals surface area (Å²) >= 11 is 0. The minimum atomic E-state index is -0.0411. The first-order valence-corrected chi connectivity index (χ1v) is 7.41. The molecule has 0 bridgehead atoms. The van der Waals surface area contributed by atoms with Crippen LogP contribution in [0.15, 0.2) is 36.5 Å². The monoisotopic (exact) mass is 284 g/mol. The fourth-order valence-corrected chi connectivity index (χ4v) is 2.61. The van der Waals surface area contributed by atoms with Crippen molar-refractivity contribution in [3.63, 3.8) is 0 Å². The fraction of sp³-hybridized carbons (Fsp3) is 0.375. The molecule has 5 heteroatoms. The molecular formula is C16H20N4O. The second-order valence-corrected chi connectivity index (χ2v) is 5.42. The molecule has 2 aromatic rings. The molecular weight excluding hydrogens is 264 g/mol. The largest absolute Gasteiger partial charge is 0.285 e. The van der Waals surface area contributed by atoms with Gasteiger partial charge in [0.15, 0.2) is 0 Å². The molecule has 1 N–H and O–H groups in total. The predicted octanol–water partition coefficient (Wildman–Crippen LogP) is 2.31. The molecule has 0 aliphatic carbocycles. The van der Waals surface area contributed by atoms with Crippen LogP contribution in [0.5, 0.6) is 0 Å². The number of aryl methyl sites for hydroxylation is 1. The van der Waals surface area contributed by atoms with Crippen molar-refractivity contribution in [3.05, 3.63) is 47.8 Å². The first-order chi connectivity index (χ1) is 10.2. The van der Waals surface area contributed by atoms with Crippen molar-refractivity contribution in [1.82, 2.24) is 20.2 Å². The molecule has 1 saturated heterocycles. The number of carbonyl (C=O) groups excluding carboxylic acids is 1. The van der Waals surface area contributed by atoms with Gasteiger partial charge in [0.2, 0.25) is 0 Å². The Morgan fingerprint density at radius 1 is 1.10 bits per heavy atom. The van der Waals surface area contributed by atoms with E-state index in [2.05, 4.69) is 10.5 Å².